The van der Waals surface area contributed by atoms with Gasteiger partial charge in [0.2, 0.25) is 0 Å². The van der Waals surface area contributed by atoms with Crippen molar-refractivity contribution >= 4 is 35.1 Å². The Labute approximate surface area is 317 Å². The Kier molecular flexibility index (Phi) is 9.60. The van der Waals surface area contributed by atoms with E-state index < -0.39 is 21.5 Å². The topological polar surface area (TPSA) is 0 Å². The molecule has 4 heteroatoms. The molecule has 0 nitrogen and oxygen atoms in total. The number of halogens is 2. The number of hydrogen-bond donors (Lipinski definition) is 0. The zero-order valence-corrected chi connectivity index (χ0v) is 37.7. The van der Waals surface area contributed by atoms with Crippen LogP contribution >= 0.6 is 17.0 Å². The van der Waals surface area contributed by atoms with Crippen LogP contribution in [0.1, 0.15) is 120 Å². The average Bonchev–Trinajstić information content (AvgIpc) is 3.81. The van der Waals surface area contributed by atoms with Gasteiger partial charge < -0.3 is 0 Å². The molecule has 4 aromatic rings. The van der Waals surface area contributed by atoms with Gasteiger partial charge in [0.05, 0.1) is 0 Å². The molecule has 0 aromatic heterocycles. The van der Waals surface area contributed by atoms with Crippen molar-refractivity contribution < 1.29 is 15.6 Å². The molecule has 0 bridgehead atoms. The van der Waals surface area contributed by atoms with Gasteiger partial charge in [-0.3, -0.25) is 0 Å². The third-order valence-electron chi connectivity index (χ3n) is 12.7. The predicted molar refractivity (Wildman–Crippen MR) is 226 cm³/mol. The Bertz CT molecular complexity index is 2050. The number of benzene rings is 4. The Morgan fingerprint density at radius 3 is 1.69 bits per heavy atom. The second kappa shape index (κ2) is 13.1. The molecule has 1 saturated carbocycles. The van der Waals surface area contributed by atoms with Gasteiger partial charge in [0.25, 0.3) is 0 Å². The van der Waals surface area contributed by atoms with Crippen LogP contribution in [0.3, 0.4) is 0 Å². The monoisotopic (exact) mass is 809 g/mol. The first-order valence-electron chi connectivity index (χ1n) is 19.4. The molecule has 4 aromatic carbocycles. The van der Waals surface area contributed by atoms with E-state index in [2.05, 4.69) is 159 Å². The summed E-state index contributed by atoms with van der Waals surface area (Å²) in [6.07, 6.45) is 10.1. The van der Waals surface area contributed by atoms with E-state index in [4.69, 9.17) is 17.0 Å². The van der Waals surface area contributed by atoms with Gasteiger partial charge in [-0.15, -0.1) is 0 Å². The zero-order valence-electron chi connectivity index (χ0n) is 32.6. The molecular formula is C47H57Cl2SiZr. The number of rotatable bonds is 6. The minimum absolute atomic E-state index is 0.0967. The van der Waals surface area contributed by atoms with Crippen molar-refractivity contribution in [3.05, 3.63) is 129 Å². The van der Waals surface area contributed by atoms with Gasteiger partial charge in [0, 0.05) is 0 Å². The van der Waals surface area contributed by atoms with Gasteiger partial charge in [-0.2, -0.15) is 0 Å². The standard InChI is InChI=1S/C24H27.C21H23.C2H7Si.2ClH.Zr/c1-24(2,3)21-13-11-18(12-14-21)22-10-6-9-19-15-20(16-23(19)22)17-7-4-5-8-17;1-14-10-17-11-15(2)13-20(17)19(12-14)16-6-8-18(9-7-16)21(3,4)5;1-3-2;;;/h6,9-17H,4-5,7-8H2,1-3H3;6-13H,1-5H3;3H,1-2H3;2*1H;/q;;;;;+2/p-2. The summed E-state index contributed by atoms with van der Waals surface area (Å²) in [6, 6.07) is 30.4. The molecule has 3 aliphatic carbocycles. The summed E-state index contributed by atoms with van der Waals surface area (Å²) in [5.74, 6) is -1.10. The van der Waals surface area contributed by atoms with Gasteiger partial charge in [-0.1, -0.05) is 0 Å². The van der Waals surface area contributed by atoms with E-state index in [1.165, 1.54) is 92.5 Å². The average molecular weight is 812 g/mol. The van der Waals surface area contributed by atoms with Crippen LogP contribution in [0.2, 0.25) is 13.1 Å². The van der Waals surface area contributed by atoms with Gasteiger partial charge in [0.15, 0.2) is 0 Å². The Hall–Kier alpha value is -1.96. The van der Waals surface area contributed by atoms with E-state index in [0.29, 0.717) is 5.92 Å². The van der Waals surface area contributed by atoms with Crippen LogP contribution in [0.5, 0.6) is 0 Å². The molecule has 0 amide bonds. The summed E-state index contributed by atoms with van der Waals surface area (Å²) < 4.78 is 0.224. The van der Waals surface area contributed by atoms with Crippen LogP contribution in [0.15, 0.2) is 90.0 Å². The first kappa shape index (κ1) is 37.4. The quantitative estimate of drug-likeness (QED) is 0.170. The molecule has 7 rings (SSSR count). The van der Waals surface area contributed by atoms with Gasteiger partial charge in [-0.25, -0.2) is 0 Å². The minimum atomic E-state index is -4.87. The van der Waals surface area contributed by atoms with Crippen molar-refractivity contribution in [1.82, 2.24) is 0 Å². The van der Waals surface area contributed by atoms with Crippen molar-refractivity contribution in [3.63, 3.8) is 0 Å². The van der Waals surface area contributed by atoms with Crippen LogP contribution in [0, 0.1) is 12.8 Å². The number of allylic oxidation sites excluding steroid dienone is 2. The van der Waals surface area contributed by atoms with Crippen molar-refractivity contribution in [2.75, 3.05) is 0 Å². The first-order valence-corrected chi connectivity index (χ1v) is 35.7. The number of fused-ring (bicyclic) bond motifs is 2. The summed E-state index contributed by atoms with van der Waals surface area (Å²) in [5, 5.41) is 0. The molecule has 2 unspecified atom stereocenters. The van der Waals surface area contributed by atoms with Crippen molar-refractivity contribution in [1.29, 1.82) is 0 Å². The van der Waals surface area contributed by atoms with E-state index in [-0.39, 0.29) is 18.1 Å². The van der Waals surface area contributed by atoms with E-state index in [1.54, 1.807) is 5.57 Å². The molecule has 0 radical (unpaired) electrons. The summed E-state index contributed by atoms with van der Waals surface area (Å²) in [5.41, 5.74) is 17.8. The SMILES string of the molecule is CC1=Cc2c(-c3ccc(C(C)(C)C)cc3)cc(C)cc2[CH]1[Zr]([Cl])([Cl])([CH]1C(C2CCCC2)=Cc2c(-c3ccc(C(C)(C)C)cc3)cccc21)[SiH](C)C. The third-order valence-corrected chi connectivity index (χ3v) is 64.7. The fourth-order valence-corrected chi connectivity index (χ4v) is 41.7. The maximum atomic E-state index is 8.81. The van der Waals surface area contributed by atoms with E-state index >= 15 is 0 Å². The van der Waals surface area contributed by atoms with Crippen LogP contribution in [-0.2, 0) is 26.4 Å². The number of aryl methyl sites for hydroxylation is 1. The molecule has 0 aliphatic heterocycles. The maximum absolute atomic E-state index is 8.81. The molecule has 51 heavy (non-hydrogen) atoms. The molecule has 3 aliphatic rings. The summed E-state index contributed by atoms with van der Waals surface area (Å²) in [7, 11) is 17.6. The van der Waals surface area contributed by atoms with E-state index in [0.717, 1.165) is 0 Å². The van der Waals surface area contributed by atoms with Crippen LogP contribution in [0.4, 0.5) is 0 Å². The molecular weight excluding hydrogens is 755 g/mol. The molecule has 0 heterocycles. The van der Waals surface area contributed by atoms with Gasteiger partial charge in [-0.05, 0) is 0 Å². The fourth-order valence-electron chi connectivity index (χ4n) is 9.79. The van der Waals surface area contributed by atoms with E-state index in [9.17, 15) is 0 Å². The second-order valence-electron chi connectivity index (χ2n) is 18.5. The van der Waals surface area contributed by atoms with Crippen molar-refractivity contribution in [2.45, 2.75) is 112 Å². The molecule has 0 spiro atoms. The third kappa shape index (κ3) is 6.31. The molecule has 0 N–H and O–H groups in total. The van der Waals surface area contributed by atoms with Crippen LogP contribution in [0.25, 0.3) is 34.4 Å². The van der Waals surface area contributed by atoms with Crippen molar-refractivity contribution in [3.8, 4) is 22.3 Å². The van der Waals surface area contributed by atoms with Crippen LogP contribution < -0.4 is 0 Å². The van der Waals surface area contributed by atoms with Gasteiger partial charge >= 0.3 is 320 Å². The van der Waals surface area contributed by atoms with Crippen LogP contribution in [-0.4, -0.2) is 5.92 Å². The normalized spacial score (nSPS) is 20.2. The Balaban J connectivity index is 1.41. The molecule has 1 fully saturated rings. The molecule has 267 valence electrons. The first-order chi connectivity index (χ1) is 23.9. The zero-order chi connectivity index (χ0) is 36.7. The summed E-state index contributed by atoms with van der Waals surface area (Å²) in [6.45, 7) is 23.3. The van der Waals surface area contributed by atoms with Gasteiger partial charge in [0.1, 0.15) is 0 Å². The summed E-state index contributed by atoms with van der Waals surface area (Å²) in [4.78, 5) is 0. The second-order valence-corrected chi connectivity index (χ2v) is 61.0. The Morgan fingerprint density at radius 1 is 0.627 bits per heavy atom. The molecule has 0 saturated heterocycles. The van der Waals surface area contributed by atoms with Crippen molar-refractivity contribution in [2.24, 2.45) is 5.92 Å². The van der Waals surface area contributed by atoms with E-state index in [1.807, 2.05) is 0 Å². The molecule has 2 atom stereocenters. The fraction of sp³-hybridized carbons (Fsp3) is 0.404. The number of hydrogen-bond acceptors (Lipinski definition) is 0. The Morgan fingerprint density at radius 2 is 1.16 bits per heavy atom. The summed E-state index contributed by atoms with van der Waals surface area (Å²) >= 11 is -4.87. The predicted octanol–water partition coefficient (Wildman–Crippen LogP) is 14.7.